The number of halogens is 2. The largest absolute Gasteiger partial charge is 0.493 e. The van der Waals surface area contributed by atoms with Crippen molar-refractivity contribution in [1.82, 2.24) is 4.90 Å². The molecule has 0 saturated carbocycles. The maximum Gasteiger partial charge on any atom is 0.227 e. The molecule has 3 rings (SSSR count). The van der Waals surface area contributed by atoms with Gasteiger partial charge in [-0.25, -0.2) is 4.39 Å². The quantitative estimate of drug-likeness (QED) is 0.855. The van der Waals surface area contributed by atoms with Gasteiger partial charge < -0.3 is 9.64 Å². The zero-order valence-corrected chi connectivity index (χ0v) is 13.6. The van der Waals surface area contributed by atoms with Crippen molar-refractivity contribution in [3.63, 3.8) is 0 Å². The lowest BCUT2D eigenvalue weighted by molar-refractivity contribution is -0.129. The van der Waals surface area contributed by atoms with Gasteiger partial charge in [0.1, 0.15) is 11.6 Å². The van der Waals surface area contributed by atoms with Gasteiger partial charge in [0.2, 0.25) is 5.91 Å². The van der Waals surface area contributed by atoms with Crippen molar-refractivity contribution in [2.45, 2.75) is 19.4 Å². The third kappa shape index (κ3) is 3.48. The Morgan fingerprint density at radius 3 is 2.96 bits per heavy atom. The second kappa shape index (κ2) is 6.59. The zero-order valence-electron chi connectivity index (χ0n) is 12.8. The molecule has 2 aromatic carbocycles. The van der Waals surface area contributed by atoms with Crippen LogP contribution in [0.15, 0.2) is 36.4 Å². The zero-order chi connectivity index (χ0) is 16.4. The number of benzene rings is 2. The van der Waals surface area contributed by atoms with Crippen LogP contribution in [0.5, 0.6) is 5.75 Å². The number of likely N-dealkylation sites (N-methyl/N-ethyl adjacent to an activating group) is 1. The van der Waals surface area contributed by atoms with Gasteiger partial charge in [-0.05, 0) is 29.3 Å². The third-order valence-corrected chi connectivity index (χ3v) is 4.35. The fourth-order valence-corrected chi connectivity index (χ4v) is 2.89. The summed E-state index contributed by atoms with van der Waals surface area (Å²) in [5, 5.41) is 0.333. The summed E-state index contributed by atoms with van der Waals surface area (Å²) in [4.78, 5) is 13.9. The van der Waals surface area contributed by atoms with E-state index in [0.717, 1.165) is 23.3 Å². The molecule has 0 saturated heterocycles. The summed E-state index contributed by atoms with van der Waals surface area (Å²) in [6, 6.07) is 10.3. The Morgan fingerprint density at radius 2 is 2.17 bits per heavy atom. The average Bonchev–Trinajstić information content (AvgIpc) is 2.98. The molecule has 23 heavy (non-hydrogen) atoms. The molecule has 2 aromatic rings. The predicted octanol–water partition coefficient (Wildman–Crippen LogP) is 3.62. The van der Waals surface area contributed by atoms with E-state index in [1.807, 2.05) is 18.2 Å². The van der Waals surface area contributed by atoms with E-state index in [4.69, 9.17) is 16.3 Å². The van der Waals surface area contributed by atoms with Gasteiger partial charge in [0, 0.05) is 30.6 Å². The lowest BCUT2D eigenvalue weighted by Gasteiger charge is -2.18. The molecular formula is C18H17ClFNO2. The van der Waals surface area contributed by atoms with E-state index >= 15 is 0 Å². The van der Waals surface area contributed by atoms with E-state index in [9.17, 15) is 9.18 Å². The van der Waals surface area contributed by atoms with Crippen LogP contribution < -0.4 is 4.74 Å². The minimum Gasteiger partial charge on any atom is -0.493 e. The van der Waals surface area contributed by atoms with Crippen molar-refractivity contribution in [3.8, 4) is 5.75 Å². The molecule has 3 nitrogen and oxygen atoms in total. The van der Waals surface area contributed by atoms with Gasteiger partial charge in [0.25, 0.3) is 0 Å². The smallest absolute Gasteiger partial charge is 0.227 e. The minimum atomic E-state index is -0.396. The highest BCUT2D eigenvalue weighted by Crippen LogP contribution is 2.26. The molecule has 0 aliphatic carbocycles. The molecule has 0 unspecified atom stereocenters. The van der Waals surface area contributed by atoms with Crippen molar-refractivity contribution < 1.29 is 13.9 Å². The normalized spacial score (nSPS) is 12.7. The fraction of sp³-hybridized carbons (Fsp3) is 0.278. The van der Waals surface area contributed by atoms with Gasteiger partial charge in [0.05, 0.1) is 13.0 Å². The van der Waals surface area contributed by atoms with Gasteiger partial charge >= 0.3 is 0 Å². The molecule has 0 radical (unpaired) electrons. The summed E-state index contributed by atoms with van der Waals surface area (Å²) in [6.07, 6.45) is 1.15. The molecule has 1 heterocycles. The molecule has 1 aliphatic heterocycles. The molecular weight excluding hydrogens is 317 g/mol. The van der Waals surface area contributed by atoms with Crippen LogP contribution in [-0.2, 0) is 24.2 Å². The first kappa shape index (κ1) is 15.8. The van der Waals surface area contributed by atoms with Crippen LogP contribution >= 0.6 is 11.6 Å². The molecule has 0 bridgehead atoms. The van der Waals surface area contributed by atoms with Crippen molar-refractivity contribution in [1.29, 1.82) is 0 Å². The lowest BCUT2D eigenvalue weighted by atomic mass is 10.1. The Balaban J connectivity index is 1.68. The molecule has 1 amide bonds. The Labute approximate surface area is 139 Å². The molecule has 1 aliphatic rings. The van der Waals surface area contributed by atoms with Crippen LogP contribution in [0, 0.1) is 5.82 Å². The van der Waals surface area contributed by atoms with Crippen LogP contribution in [0.3, 0.4) is 0 Å². The van der Waals surface area contributed by atoms with E-state index in [1.54, 1.807) is 19.2 Å². The summed E-state index contributed by atoms with van der Waals surface area (Å²) >= 11 is 6.01. The van der Waals surface area contributed by atoms with Gasteiger partial charge in [0.15, 0.2) is 0 Å². The van der Waals surface area contributed by atoms with E-state index in [-0.39, 0.29) is 18.9 Å². The Morgan fingerprint density at radius 1 is 1.35 bits per heavy atom. The maximum absolute atomic E-state index is 13.8. The van der Waals surface area contributed by atoms with Crippen LogP contribution in [0.2, 0.25) is 5.02 Å². The van der Waals surface area contributed by atoms with Gasteiger partial charge in [-0.3, -0.25) is 4.79 Å². The second-order valence-corrected chi connectivity index (χ2v) is 6.07. The highest BCUT2D eigenvalue weighted by molar-refractivity contribution is 6.31. The molecule has 0 fully saturated rings. The fourth-order valence-electron chi connectivity index (χ4n) is 2.67. The summed E-state index contributed by atoms with van der Waals surface area (Å²) in [5.74, 6) is 0.419. The average molecular weight is 334 g/mol. The topological polar surface area (TPSA) is 29.5 Å². The molecule has 0 atom stereocenters. The summed E-state index contributed by atoms with van der Waals surface area (Å²) in [7, 11) is 1.65. The van der Waals surface area contributed by atoms with Crippen molar-refractivity contribution >= 4 is 17.5 Å². The number of nitrogens with zero attached hydrogens (tertiary/aromatic N) is 1. The van der Waals surface area contributed by atoms with Crippen LogP contribution in [0.25, 0.3) is 0 Å². The standard InChI is InChI=1S/C18H17ClFNO2/c1-21(11-14-15(19)3-2-4-16(14)20)18(22)10-12-5-6-17-13(9-12)7-8-23-17/h2-6,9H,7-8,10-11H2,1H3. The summed E-state index contributed by atoms with van der Waals surface area (Å²) in [5.41, 5.74) is 2.41. The second-order valence-electron chi connectivity index (χ2n) is 5.67. The first-order valence-electron chi connectivity index (χ1n) is 7.46. The number of hydrogen-bond acceptors (Lipinski definition) is 2. The number of amides is 1. The third-order valence-electron chi connectivity index (χ3n) is 3.99. The van der Waals surface area contributed by atoms with E-state index < -0.39 is 5.82 Å². The monoisotopic (exact) mass is 333 g/mol. The highest BCUT2D eigenvalue weighted by Gasteiger charge is 2.17. The van der Waals surface area contributed by atoms with Crippen LogP contribution in [-0.4, -0.2) is 24.5 Å². The molecule has 0 spiro atoms. The number of hydrogen-bond donors (Lipinski definition) is 0. The molecule has 0 N–H and O–H groups in total. The van der Waals surface area contributed by atoms with E-state index in [0.29, 0.717) is 17.2 Å². The number of carbonyl (C=O) groups is 1. The summed E-state index contributed by atoms with van der Waals surface area (Å²) < 4.78 is 19.3. The number of fused-ring (bicyclic) bond motifs is 1. The first-order valence-corrected chi connectivity index (χ1v) is 7.84. The summed E-state index contributed by atoms with van der Waals surface area (Å²) in [6.45, 7) is 0.844. The van der Waals surface area contributed by atoms with Gasteiger partial charge in [-0.2, -0.15) is 0 Å². The number of ether oxygens (including phenoxy) is 1. The SMILES string of the molecule is CN(Cc1c(F)cccc1Cl)C(=O)Cc1ccc2c(c1)CCO2. The van der Waals surface area contributed by atoms with Crippen molar-refractivity contribution in [2.24, 2.45) is 0 Å². The Bertz CT molecular complexity index is 728. The van der Waals surface area contributed by atoms with Gasteiger partial charge in [-0.15, -0.1) is 0 Å². The Kier molecular flexibility index (Phi) is 4.53. The maximum atomic E-state index is 13.8. The first-order chi connectivity index (χ1) is 11.0. The van der Waals surface area contributed by atoms with E-state index in [2.05, 4.69) is 0 Å². The van der Waals surface area contributed by atoms with Gasteiger partial charge in [-0.1, -0.05) is 29.8 Å². The van der Waals surface area contributed by atoms with E-state index in [1.165, 1.54) is 11.0 Å². The lowest BCUT2D eigenvalue weighted by Crippen LogP contribution is -2.28. The molecule has 120 valence electrons. The number of carbonyl (C=O) groups excluding carboxylic acids is 1. The minimum absolute atomic E-state index is 0.0804. The van der Waals surface area contributed by atoms with Crippen LogP contribution in [0.1, 0.15) is 16.7 Å². The predicted molar refractivity (Wildman–Crippen MR) is 87.2 cm³/mol. The number of rotatable bonds is 4. The van der Waals surface area contributed by atoms with Crippen molar-refractivity contribution in [3.05, 3.63) is 63.9 Å². The highest BCUT2D eigenvalue weighted by atomic mass is 35.5. The van der Waals surface area contributed by atoms with Crippen LogP contribution in [0.4, 0.5) is 4.39 Å². The molecule has 0 aromatic heterocycles. The molecule has 5 heteroatoms. The Hall–Kier alpha value is -2.07. The van der Waals surface area contributed by atoms with Crippen molar-refractivity contribution in [2.75, 3.05) is 13.7 Å².